The predicted molar refractivity (Wildman–Crippen MR) is 58.0 cm³/mol. The van der Waals surface area contributed by atoms with Crippen molar-refractivity contribution in [2.75, 3.05) is 6.54 Å². The van der Waals surface area contributed by atoms with Gasteiger partial charge >= 0.3 is 6.09 Å². The standard InChI is InChI=1S/C11H19F2NO3/c1-11(2,3)17-10(16)14-6-4-5-7(14)8(15)9(12)13/h7-9,15H,4-6H2,1-3H3. The number of ether oxygens (including phenoxy) is 1. The summed E-state index contributed by atoms with van der Waals surface area (Å²) < 4.78 is 30.0. The number of hydrogen-bond acceptors (Lipinski definition) is 3. The Morgan fingerprint density at radius 1 is 1.47 bits per heavy atom. The van der Waals surface area contributed by atoms with Crippen LogP contribution in [0.25, 0.3) is 0 Å². The molecule has 0 aromatic heterocycles. The van der Waals surface area contributed by atoms with Gasteiger partial charge in [0, 0.05) is 6.54 Å². The van der Waals surface area contributed by atoms with E-state index in [0.29, 0.717) is 19.4 Å². The number of nitrogens with zero attached hydrogens (tertiary/aromatic N) is 1. The lowest BCUT2D eigenvalue weighted by molar-refractivity contribution is -0.0519. The lowest BCUT2D eigenvalue weighted by Crippen LogP contribution is -2.47. The molecule has 1 heterocycles. The normalized spacial score (nSPS) is 23.0. The van der Waals surface area contributed by atoms with Gasteiger partial charge in [-0.25, -0.2) is 13.6 Å². The molecule has 1 N–H and O–H groups in total. The number of aliphatic hydroxyl groups excluding tert-OH is 1. The first-order valence-electron chi connectivity index (χ1n) is 5.68. The second-order valence-electron chi connectivity index (χ2n) is 5.21. The highest BCUT2D eigenvalue weighted by Gasteiger charge is 2.39. The summed E-state index contributed by atoms with van der Waals surface area (Å²) in [5.41, 5.74) is -0.667. The van der Waals surface area contributed by atoms with Gasteiger partial charge < -0.3 is 14.7 Å². The Morgan fingerprint density at radius 3 is 2.53 bits per heavy atom. The van der Waals surface area contributed by atoms with Gasteiger partial charge in [0.2, 0.25) is 0 Å². The maximum Gasteiger partial charge on any atom is 0.410 e. The average Bonchev–Trinajstić information content (AvgIpc) is 2.61. The number of carbonyl (C=O) groups is 1. The zero-order chi connectivity index (χ0) is 13.2. The summed E-state index contributed by atoms with van der Waals surface area (Å²) in [5, 5.41) is 9.34. The van der Waals surface area contributed by atoms with Gasteiger partial charge in [-0.05, 0) is 33.6 Å². The minimum atomic E-state index is -2.84. The van der Waals surface area contributed by atoms with Crippen molar-refractivity contribution in [3.63, 3.8) is 0 Å². The highest BCUT2D eigenvalue weighted by molar-refractivity contribution is 5.69. The Kier molecular flexibility index (Phi) is 4.30. The van der Waals surface area contributed by atoms with E-state index in [4.69, 9.17) is 4.74 Å². The Balaban J connectivity index is 2.66. The number of hydrogen-bond donors (Lipinski definition) is 1. The number of aliphatic hydroxyl groups is 1. The van der Waals surface area contributed by atoms with Crippen LogP contribution in [0.15, 0.2) is 0 Å². The van der Waals surface area contributed by atoms with Gasteiger partial charge in [0.25, 0.3) is 6.43 Å². The molecule has 1 aliphatic rings. The largest absolute Gasteiger partial charge is 0.444 e. The number of halogens is 2. The zero-order valence-electron chi connectivity index (χ0n) is 10.3. The molecule has 1 fully saturated rings. The zero-order valence-corrected chi connectivity index (χ0v) is 10.3. The van der Waals surface area contributed by atoms with Crippen LogP contribution >= 0.6 is 0 Å². The van der Waals surface area contributed by atoms with Crippen LogP contribution in [0.3, 0.4) is 0 Å². The molecule has 1 saturated heterocycles. The van der Waals surface area contributed by atoms with E-state index in [1.165, 1.54) is 4.90 Å². The summed E-state index contributed by atoms with van der Waals surface area (Å²) in [7, 11) is 0. The number of carbonyl (C=O) groups excluding carboxylic acids is 1. The molecule has 4 nitrogen and oxygen atoms in total. The molecule has 0 aromatic carbocycles. The number of amides is 1. The van der Waals surface area contributed by atoms with Crippen molar-refractivity contribution in [1.82, 2.24) is 4.90 Å². The third-order valence-corrected chi connectivity index (χ3v) is 2.58. The van der Waals surface area contributed by atoms with Crippen LogP contribution in [-0.2, 0) is 4.74 Å². The van der Waals surface area contributed by atoms with Crippen molar-refractivity contribution in [3.05, 3.63) is 0 Å². The summed E-state index contributed by atoms with van der Waals surface area (Å²) in [5.74, 6) is 0. The predicted octanol–water partition coefficient (Wildman–Crippen LogP) is 2.01. The van der Waals surface area contributed by atoms with Crippen LogP contribution in [0.1, 0.15) is 33.6 Å². The molecule has 0 radical (unpaired) electrons. The van der Waals surface area contributed by atoms with Gasteiger partial charge in [0.05, 0.1) is 6.04 Å². The maximum atomic E-state index is 12.4. The van der Waals surface area contributed by atoms with Crippen LogP contribution in [0, 0.1) is 0 Å². The summed E-state index contributed by atoms with van der Waals surface area (Å²) in [4.78, 5) is 12.9. The Hall–Kier alpha value is -0.910. The fraction of sp³-hybridized carbons (Fsp3) is 0.909. The van der Waals surface area contributed by atoms with Crippen LogP contribution in [0.4, 0.5) is 13.6 Å². The van der Waals surface area contributed by atoms with E-state index in [1.807, 2.05) is 0 Å². The van der Waals surface area contributed by atoms with Crippen molar-refractivity contribution < 1.29 is 23.4 Å². The molecule has 2 unspecified atom stereocenters. The first kappa shape index (κ1) is 14.2. The molecule has 17 heavy (non-hydrogen) atoms. The van der Waals surface area contributed by atoms with Gasteiger partial charge in [-0.2, -0.15) is 0 Å². The molecule has 0 spiro atoms. The summed E-state index contributed by atoms with van der Waals surface area (Å²) in [6.45, 7) is 5.47. The summed E-state index contributed by atoms with van der Waals surface area (Å²) >= 11 is 0. The van der Waals surface area contributed by atoms with E-state index in [-0.39, 0.29) is 0 Å². The molecule has 1 aliphatic heterocycles. The number of rotatable bonds is 2. The van der Waals surface area contributed by atoms with Crippen LogP contribution in [0.5, 0.6) is 0 Å². The van der Waals surface area contributed by atoms with Crippen LogP contribution in [0.2, 0.25) is 0 Å². The monoisotopic (exact) mass is 251 g/mol. The van der Waals surface area contributed by atoms with Crippen LogP contribution < -0.4 is 0 Å². The van der Waals surface area contributed by atoms with E-state index >= 15 is 0 Å². The molecule has 1 amide bonds. The van der Waals surface area contributed by atoms with Gasteiger partial charge in [-0.1, -0.05) is 0 Å². The third kappa shape index (κ3) is 3.80. The molecule has 0 aromatic rings. The summed E-state index contributed by atoms with van der Waals surface area (Å²) in [6.07, 6.45) is -4.30. The van der Waals surface area contributed by atoms with E-state index in [1.54, 1.807) is 20.8 Å². The van der Waals surface area contributed by atoms with Crippen LogP contribution in [-0.4, -0.2) is 46.8 Å². The van der Waals surface area contributed by atoms with Crippen molar-refractivity contribution in [2.45, 2.75) is 57.8 Å². The molecule has 100 valence electrons. The average molecular weight is 251 g/mol. The van der Waals surface area contributed by atoms with Crippen molar-refractivity contribution >= 4 is 6.09 Å². The fourth-order valence-electron chi connectivity index (χ4n) is 1.86. The topological polar surface area (TPSA) is 49.8 Å². The van der Waals surface area contributed by atoms with Gasteiger partial charge in [-0.3, -0.25) is 0 Å². The molecule has 2 atom stereocenters. The molecule has 0 aliphatic carbocycles. The van der Waals surface area contributed by atoms with E-state index < -0.39 is 30.3 Å². The van der Waals surface area contributed by atoms with Crippen molar-refractivity contribution in [1.29, 1.82) is 0 Å². The SMILES string of the molecule is CC(C)(C)OC(=O)N1CCCC1C(O)C(F)F. The first-order valence-corrected chi connectivity index (χ1v) is 5.68. The molecular formula is C11H19F2NO3. The molecule has 0 saturated carbocycles. The third-order valence-electron chi connectivity index (χ3n) is 2.58. The van der Waals surface area contributed by atoms with Gasteiger partial charge in [0.15, 0.2) is 0 Å². The quantitative estimate of drug-likeness (QED) is 0.816. The second-order valence-corrected chi connectivity index (χ2v) is 5.21. The minimum absolute atomic E-state index is 0.351. The molecule has 0 bridgehead atoms. The lowest BCUT2D eigenvalue weighted by atomic mass is 10.1. The number of alkyl halides is 2. The first-order chi connectivity index (χ1) is 7.72. The molecular weight excluding hydrogens is 232 g/mol. The van der Waals surface area contributed by atoms with Gasteiger partial charge in [0.1, 0.15) is 11.7 Å². The number of likely N-dealkylation sites (tertiary alicyclic amines) is 1. The van der Waals surface area contributed by atoms with E-state index in [9.17, 15) is 18.7 Å². The highest BCUT2D eigenvalue weighted by Crippen LogP contribution is 2.25. The molecule has 6 heteroatoms. The second kappa shape index (κ2) is 5.16. The fourth-order valence-corrected chi connectivity index (χ4v) is 1.86. The Morgan fingerprint density at radius 2 is 2.06 bits per heavy atom. The smallest absolute Gasteiger partial charge is 0.410 e. The Bertz CT molecular complexity index is 278. The molecule has 1 rings (SSSR count). The van der Waals surface area contributed by atoms with Crippen molar-refractivity contribution in [2.24, 2.45) is 0 Å². The Labute approximate surface area is 99.5 Å². The summed E-state index contributed by atoms with van der Waals surface area (Å²) in [6, 6.07) is -0.843. The van der Waals surface area contributed by atoms with Crippen molar-refractivity contribution in [3.8, 4) is 0 Å². The maximum absolute atomic E-state index is 12.4. The van der Waals surface area contributed by atoms with E-state index in [0.717, 1.165) is 0 Å². The minimum Gasteiger partial charge on any atom is -0.444 e. The lowest BCUT2D eigenvalue weighted by Gasteiger charge is -2.30. The highest BCUT2D eigenvalue weighted by atomic mass is 19.3. The van der Waals surface area contributed by atoms with Gasteiger partial charge in [-0.15, -0.1) is 0 Å². The van der Waals surface area contributed by atoms with E-state index in [2.05, 4.69) is 0 Å².